The molecular weight excluding hydrogens is 376 g/mol. The first kappa shape index (κ1) is 18.8. The van der Waals surface area contributed by atoms with Crippen molar-refractivity contribution in [2.45, 2.75) is 45.1 Å². The van der Waals surface area contributed by atoms with E-state index in [-0.39, 0.29) is 5.91 Å². The van der Waals surface area contributed by atoms with Gasteiger partial charge in [-0.1, -0.05) is 12.1 Å². The maximum absolute atomic E-state index is 13.1. The Morgan fingerprint density at radius 3 is 2.73 bits per heavy atom. The molecule has 1 aliphatic heterocycles. The van der Waals surface area contributed by atoms with Crippen LogP contribution in [0.5, 0.6) is 0 Å². The van der Waals surface area contributed by atoms with Crippen molar-refractivity contribution in [3.63, 3.8) is 0 Å². The van der Waals surface area contributed by atoms with Crippen LogP contribution in [0.15, 0.2) is 42.7 Å². The molecule has 30 heavy (non-hydrogen) atoms. The summed E-state index contributed by atoms with van der Waals surface area (Å²) in [4.78, 5) is 24.9. The number of nitrogens with zero attached hydrogens (tertiary/aromatic N) is 5. The molecule has 0 bridgehead atoms. The van der Waals surface area contributed by atoms with Gasteiger partial charge >= 0.3 is 0 Å². The molecule has 1 fully saturated rings. The molecule has 3 heterocycles. The zero-order chi connectivity index (χ0) is 20.3. The maximum atomic E-state index is 13.1. The third-order valence-electron chi connectivity index (χ3n) is 5.91. The zero-order valence-corrected chi connectivity index (χ0v) is 17.0. The summed E-state index contributed by atoms with van der Waals surface area (Å²) < 4.78 is 1.81. The van der Waals surface area contributed by atoms with Gasteiger partial charge < -0.3 is 10.2 Å². The first-order valence-corrected chi connectivity index (χ1v) is 10.8. The molecule has 7 nitrogen and oxygen atoms in total. The van der Waals surface area contributed by atoms with Crippen LogP contribution >= 0.6 is 0 Å². The van der Waals surface area contributed by atoms with E-state index >= 15 is 0 Å². The SMILES string of the molecule is O=C(NCc1cccc(-n2cccn2)c1)c1nc(N2CCCC2)nc2c1CCCC2. The lowest BCUT2D eigenvalue weighted by Gasteiger charge is -2.22. The molecule has 2 aromatic heterocycles. The average Bonchev–Trinajstić information content (AvgIpc) is 3.51. The van der Waals surface area contributed by atoms with Gasteiger partial charge in [0.15, 0.2) is 0 Å². The minimum atomic E-state index is -0.111. The van der Waals surface area contributed by atoms with Crippen LogP contribution in [0.1, 0.15) is 53.0 Å². The van der Waals surface area contributed by atoms with E-state index < -0.39 is 0 Å². The summed E-state index contributed by atoms with van der Waals surface area (Å²) in [5, 5.41) is 7.35. The lowest BCUT2D eigenvalue weighted by Crippen LogP contribution is -2.29. The van der Waals surface area contributed by atoms with Gasteiger partial charge in [-0.05, 0) is 62.3 Å². The fourth-order valence-corrected chi connectivity index (χ4v) is 4.32. The van der Waals surface area contributed by atoms with Crippen molar-refractivity contribution in [1.29, 1.82) is 0 Å². The Balaban J connectivity index is 1.37. The van der Waals surface area contributed by atoms with Crippen LogP contribution in [0.4, 0.5) is 5.95 Å². The number of anilines is 1. The van der Waals surface area contributed by atoms with Crippen LogP contribution in [-0.4, -0.2) is 38.7 Å². The Morgan fingerprint density at radius 1 is 1.03 bits per heavy atom. The number of hydrogen-bond acceptors (Lipinski definition) is 5. The molecule has 1 N–H and O–H groups in total. The van der Waals surface area contributed by atoms with Crippen LogP contribution in [0.25, 0.3) is 5.69 Å². The summed E-state index contributed by atoms with van der Waals surface area (Å²) in [6.07, 6.45) is 10.0. The highest BCUT2D eigenvalue weighted by Crippen LogP contribution is 2.26. The number of carbonyl (C=O) groups excluding carboxylic acids is 1. The van der Waals surface area contributed by atoms with Gasteiger partial charge in [-0.25, -0.2) is 14.6 Å². The Hall–Kier alpha value is -3.22. The van der Waals surface area contributed by atoms with Gasteiger partial charge in [0.05, 0.1) is 5.69 Å². The second-order valence-electron chi connectivity index (χ2n) is 8.00. The van der Waals surface area contributed by atoms with E-state index in [4.69, 9.17) is 9.97 Å². The van der Waals surface area contributed by atoms with E-state index in [1.165, 1.54) is 0 Å². The highest BCUT2D eigenvalue weighted by atomic mass is 16.1. The lowest BCUT2D eigenvalue weighted by atomic mass is 9.94. The van der Waals surface area contributed by atoms with Gasteiger partial charge in [0.2, 0.25) is 5.95 Å². The van der Waals surface area contributed by atoms with Crippen molar-refractivity contribution in [1.82, 2.24) is 25.1 Å². The van der Waals surface area contributed by atoms with Gasteiger partial charge in [0, 0.05) is 43.3 Å². The van der Waals surface area contributed by atoms with Crippen LogP contribution in [0.3, 0.4) is 0 Å². The Kier molecular flexibility index (Phi) is 5.17. The number of fused-ring (bicyclic) bond motifs is 1. The Morgan fingerprint density at radius 2 is 1.90 bits per heavy atom. The fraction of sp³-hybridized carbons (Fsp3) is 0.391. The van der Waals surface area contributed by atoms with Crippen molar-refractivity contribution in [2.75, 3.05) is 18.0 Å². The molecule has 0 unspecified atom stereocenters. The van der Waals surface area contributed by atoms with Crippen LogP contribution in [0.2, 0.25) is 0 Å². The monoisotopic (exact) mass is 402 g/mol. The molecule has 0 spiro atoms. The third-order valence-corrected chi connectivity index (χ3v) is 5.91. The predicted octanol–water partition coefficient (Wildman–Crippen LogP) is 3.07. The minimum Gasteiger partial charge on any atom is -0.347 e. The Bertz CT molecular complexity index is 1040. The second kappa shape index (κ2) is 8.26. The average molecular weight is 403 g/mol. The van der Waals surface area contributed by atoms with Crippen LogP contribution in [-0.2, 0) is 19.4 Å². The van der Waals surface area contributed by atoms with Gasteiger partial charge in [-0.2, -0.15) is 5.10 Å². The van der Waals surface area contributed by atoms with E-state index in [0.29, 0.717) is 12.2 Å². The number of rotatable bonds is 5. The first-order chi connectivity index (χ1) is 14.8. The summed E-state index contributed by atoms with van der Waals surface area (Å²) in [7, 11) is 0. The number of aromatic nitrogens is 4. The van der Waals surface area contributed by atoms with Crippen molar-refractivity contribution in [2.24, 2.45) is 0 Å². The number of hydrogen-bond donors (Lipinski definition) is 1. The van der Waals surface area contributed by atoms with E-state index in [0.717, 1.165) is 80.1 Å². The number of benzene rings is 1. The summed E-state index contributed by atoms with van der Waals surface area (Å²) in [5.41, 5.74) is 4.65. The molecule has 0 atom stereocenters. The Labute approximate surface area is 176 Å². The molecule has 1 aromatic carbocycles. The molecule has 2 aliphatic rings. The van der Waals surface area contributed by atoms with Crippen molar-refractivity contribution >= 4 is 11.9 Å². The molecule has 1 saturated heterocycles. The van der Waals surface area contributed by atoms with Gasteiger partial charge in [0.1, 0.15) is 5.69 Å². The molecular formula is C23H26N6O. The van der Waals surface area contributed by atoms with Crippen molar-refractivity contribution in [3.8, 4) is 5.69 Å². The number of carbonyl (C=O) groups is 1. The van der Waals surface area contributed by atoms with E-state index in [9.17, 15) is 4.79 Å². The summed E-state index contributed by atoms with van der Waals surface area (Å²) in [5.74, 6) is 0.611. The largest absolute Gasteiger partial charge is 0.347 e. The second-order valence-corrected chi connectivity index (χ2v) is 8.00. The summed E-state index contributed by atoms with van der Waals surface area (Å²) >= 11 is 0. The standard InChI is InChI=1S/C23H26N6O/c30-22(24-16-17-7-5-8-18(15-17)29-14-6-11-25-29)21-19-9-1-2-10-20(19)26-23(27-21)28-12-3-4-13-28/h5-8,11,14-15H,1-4,9-10,12-13,16H2,(H,24,30). The van der Waals surface area contributed by atoms with E-state index in [1.807, 2.05) is 41.2 Å². The topological polar surface area (TPSA) is 75.9 Å². The number of amides is 1. The van der Waals surface area contributed by atoms with Crippen molar-refractivity contribution in [3.05, 3.63) is 65.2 Å². The first-order valence-electron chi connectivity index (χ1n) is 10.8. The zero-order valence-electron chi connectivity index (χ0n) is 17.0. The maximum Gasteiger partial charge on any atom is 0.270 e. The molecule has 0 saturated carbocycles. The minimum absolute atomic E-state index is 0.111. The van der Waals surface area contributed by atoms with Gasteiger partial charge in [-0.3, -0.25) is 4.79 Å². The fourth-order valence-electron chi connectivity index (χ4n) is 4.32. The number of aryl methyl sites for hydroxylation is 1. The van der Waals surface area contributed by atoms with Crippen LogP contribution < -0.4 is 10.2 Å². The van der Waals surface area contributed by atoms with Gasteiger partial charge in [0.25, 0.3) is 5.91 Å². The van der Waals surface area contributed by atoms with Gasteiger partial charge in [-0.15, -0.1) is 0 Å². The molecule has 1 aliphatic carbocycles. The third kappa shape index (κ3) is 3.79. The lowest BCUT2D eigenvalue weighted by molar-refractivity contribution is 0.0944. The molecule has 5 rings (SSSR count). The molecule has 7 heteroatoms. The molecule has 0 radical (unpaired) electrons. The summed E-state index contributed by atoms with van der Waals surface area (Å²) in [6.45, 7) is 2.39. The summed E-state index contributed by atoms with van der Waals surface area (Å²) in [6, 6.07) is 9.93. The highest BCUT2D eigenvalue weighted by molar-refractivity contribution is 5.94. The van der Waals surface area contributed by atoms with E-state index in [2.05, 4.69) is 15.3 Å². The molecule has 1 amide bonds. The van der Waals surface area contributed by atoms with Crippen molar-refractivity contribution < 1.29 is 4.79 Å². The molecule has 154 valence electrons. The predicted molar refractivity (Wildman–Crippen MR) is 115 cm³/mol. The quantitative estimate of drug-likeness (QED) is 0.710. The van der Waals surface area contributed by atoms with Crippen LogP contribution in [0, 0.1) is 0 Å². The smallest absolute Gasteiger partial charge is 0.270 e. The number of nitrogens with one attached hydrogen (secondary N) is 1. The normalized spacial score (nSPS) is 15.8. The molecule has 3 aromatic rings. The highest BCUT2D eigenvalue weighted by Gasteiger charge is 2.25. The van der Waals surface area contributed by atoms with E-state index in [1.54, 1.807) is 6.20 Å².